The van der Waals surface area contributed by atoms with Crippen molar-refractivity contribution < 1.29 is 4.79 Å². The zero-order valence-corrected chi connectivity index (χ0v) is 9.37. The number of hydrogen-bond acceptors (Lipinski definition) is 1. The first-order valence-electron chi connectivity index (χ1n) is 5.39. The van der Waals surface area contributed by atoms with Gasteiger partial charge in [0.05, 0.1) is 5.92 Å². The van der Waals surface area contributed by atoms with Crippen molar-refractivity contribution in [1.82, 2.24) is 0 Å². The highest BCUT2D eigenvalue weighted by Gasteiger charge is 2.46. The van der Waals surface area contributed by atoms with Crippen LogP contribution in [0.15, 0.2) is 23.8 Å². The number of carbonyl (C=O) groups excluding carboxylic acids is 1. The van der Waals surface area contributed by atoms with E-state index in [2.05, 4.69) is 45.9 Å². The molecule has 0 fully saturated rings. The van der Waals surface area contributed by atoms with E-state index in [1.165, 1.54) is 5.57 Å². The highest BCUT2D eigenvalue weighted by Crippen LogP contribution is 2.46. The normalized spacial score (nSPS) is 33.8. The molecule has 1 nitrogen and oxygen atoms in total. The minimum atomic E-state index is -0.183. The molecule has 0 heterocycles. The van der Waals surface area contributed by atoms with E-state index in [1.54, 1.807) is 0 Å². The predicted molar refractivity (Wildman–Crippen MR) is 57.8 cm³/mol. The molecule has 2 bridgehead atoms. The fraction of sp³-hybridized carbons (Fsp3) is 0.615. The van der Waals surface area contributed by atoms with Gasteiger partial charge in [-0.2, -0.15) is 0 Å². The van der Waals surface area contributed by atoms with Crippen LogP contribution < -0.4 is 0 Å². The lowest BCUT2D eigenvalue weighted by Crippen LogP contribution is -2.43. The number of carbonyl (C=O) groups is 1. The van der Waals surface area contributed by atoms with Gasteiger partial charge in [-0.05, 0) is 5.92 Å². The second kappa shape index (κ2) is 2.82. The van der Waals surface area contributed by atoms with Crippen LogP contribution in [0.2, 0.25) is 0 Å². The van der Waals surface area contributed by atoms with Gasteiger partial charge in [-0.15, -0.1) is 0 Å². The zero-order chi connectivity index (χ0) is 10.5. The molecule has 0 aromatic rings. The highest BCUT2D eigenvalue weighted by atomic mass is 16.1. The molecule has 3 aliphatic rings. The lowest BCUT2D eigenvalue weighted by Gasteiger charge is -2.42. The largest absolute Gasteiger partial charge is 0.298 e. The van der Waals surface area contributed by atoms with E-state index in [0.29, 0.717) is 17.6 Å². The van der Waals surface area contributed by atoms with Crippen LogP contribution in [0.1, 0.15) is 27.7 Å². The fourth-order valence-corrected chi connectivity index (χ4v) is 2.51. The maximum absolute atomic E-state index is 12.1. The van der Waals surface area contributed by atoms with Gasteiger partial charge in [0.15, 0.2) is 0 Å². The van der Waals surface area contributed by atoms with Crippen LogP contribution in [0.3, 0.4) is 0 Å². The third-order valence-corrected chi connectivity index (χ3v) is 3.66. The van der Waals surface area contributed by atoms with E-state index in [-0.39, 0.29) is 11.3 Å². The molecule has 0 aromatic carbocycles. The number of fused-ring (bicyclic) bond motifs is 1. The molecule has 0 N–H and O–H groups in total. The first-order valence-corrected chi connectivity index (χ1v) is 5.39. The molecule has 0 saturated heterocycles. The third-order valence-electron chi connectivity index (χ3n) is 3.66. The molecular weight excluding hydrogens is 172 g/mol. The van der Waals surface area contributed by atoms with E-state index in [9.17, 15) is 4.79 Å². The van der Waals surface area contributed by atoms with Gasteiger partial charge in [0.25, 0.3) is 0 Å². The predicted octanol–water partition coefficient (Wildman–Crippen LogP) is 2.98. The Morgan fingerprint density at radius 1 is 1.29 bits per heavy atom. The second-order valence-corrected chi connectivity index (χ2v) is 5.30. The molecule has 0 aromatic heterocycles. The fourth-order valence-electron chi connectivity index (χ4n) is 2.51. The van der Waals surface area contributed by atoms with Gasteiger partial charge in [-0.3, -0.25) is 4.79 Å². The van der Waals surface area contributed by atoms with Crippen molar-refractivity contribution in [2.24, 2.45) is 23.2 Å². The molecule has 14 heavy (non-hydrogen) atoms. The Hall–Kier alpha value is -0.850. The average Bonchev–Trinajstić information content (AvgIpc) is 2.13. The summed E-state index contributed by atoms with van der Waals surface area (Å²) < 4.78 is 0. The van der Waals surface area contributed by atoms with Crippen molar-refractivity contribution in [2.45, 2.75) is 27.7 Å². The summed E-state index contributed by atoms with van der Waals surface area (Å²) in [7, 11) is 0. The first kappa shape index (κ1) is 9.70. The molecule has 1 heteroatoms. The Labute approximate surface area is 85.9 Å². The Morgan fingerprint density at radius 2 is 1.93 bits per heavy atom. The van der Waals surface area contributed by atoms with Crippen LogP contribution in [0.25, 0.3) is 0 Å². The van der Waals surface area contributed by atoms with E-state index in [0.717, 1.165) is 0 Å². The van der Waals surface area contributed by atoms with Crippen molar-refractivity contribution in [2.75, 3.05) is 0 Å². The van der Waals surface area contributed by atoms with Crippen molar-refractivity contribution in [3.05, 3.63) is 23.8 Å². The molecule has 2 atom stereocenters. The first-order chi connectivity index (χ1) is 6.44. The van der Waals surface area contributed by atoms with Crippen molar-refractivity contribution in [1.29, 1.82) is 0 Å². The number of ketones is 1. The van der Waals surface area contributed by atoms with Gasteiger partial charge in [0.2, 0.25) is 0 Å². The van der Waals surface area contributed by atoms with Crippen LogP contribution in [-0.2, 0) is 4.79 Å². The summed E-state index contributed by atoms with van der Waals surface area (Å²) in [6, 6.07) is 0. The minimum Gasteiger partial charge on any atom is -0.298 e. The van der Waals surface area contributed by atoms with Crippen molar-refractivity contribution >= 4 is 5.78 Å². The molecule has 0 aliphatic heterocycles. The van der Waals surface area contributed by atoms with Gasteiger partial charge >= 0.3 is 0 Å². The van der Waals surface area contributed by atoms with Gasteiger partial charge in [0, 0.05) is 11.3 Å². The number of allylic oxidation sites excluding steroid dienone is 4. The number of Topliss-reactive ketones (excluding diaryl/α,β-unsaturated/α-hetero) is 1. The quantitative estimate of drug-likeness (QED) is 0.581. The zero-order valence-electron chi connectivity index (χ0n) is 9.37. The van der Waals surface area contributed by atoms with E-state index in [1.807, 2.05) is 0 Å². The summed E-state index contributed by atoms with van der Waals surface area (Å²) in [4.78, 5) is 12.1. The molecule has 0 radical (unpaired) electrons. The van der Waals surface area contributed by atoms with Crippen LogP contribution in [-0.4, -0.2) is 5.78 Å². The Morgan fingerprint density at radius 3 is 2.43 bits per heavy atom. The topological polar surface area (TPSA) is 17.1 Å². The maximum atomic E-state index is 12.1. The molecule has 3 aliphatic carbocycles. The lowest BCUT2D eigenvalue weighted by atomic mass is 9.60. The van der Waals surface area contributed by atoms with Gasteiger partial charge < -0.3 is 0 Å². The summed E-state index contributed by atoms with van der Waals surface area (Å²) in [5.41, 5.74) is 1.14. The Kier molecular flexibility index (Phi) is 1.95. The second-order valence-electron chi connectivity index (χ2n) is 5.30. The Bertz CT molecular complexity index is 331. The van der Waals surface area contributed by atoms with Gasteiger partial charge in [-0.25, -0.2) is 0 Å². The summed E-state index contributed by atoms with van der Waals surface area (Å²) >= 11 is 0. The van der Waals surface area contributed by atoms with Crippen LogP contribution in [0.5, 0.6) is 0 Å². The van der Waals surface area contributed by atoms with Crippen molar-refractivity contribution in [3.8, 4) is 0 Å². The summed E-state index contributed by atoms with van der Waals surface area (Å²) in [6.45, 7) is 8.45. The highest BCUT2D eigenvalue weighted by molar-refractivity contribution is 5.93. The molecule has 0 spiro atoms. The van der Waals surface area contributed by atoms with Crippen molar-refractivity contribution in [3.63, 3.8) is 0 Å². The Balaban J connectivity index is 2.45. The summed E-state index contributed by atoms with van der Waals surface area (Å²) in [5, 5.41) is 0. The molecule has 0 saturated carbocycles. The minimum absolute atomic E-state index is 0.0648. The molecular formula is C13H18O. The average molecular weight is 190 g/mol. The van der Waals surface area contributed by atoms with E-state index in [4.69, 9.17) is 0 Å². The molecule has 0 amide bonds. The summed E-state index contributed by atoms with van der Waals surface area (Å²) in [5.74, 6) is 1.27. The maximum Gasteiger partial charge on any atom is 0.150 e. The monoisotopic (exact) mass is 190 g/mol. The van der Waals surface area contributed by atoms with Crippen LogP contribution in [0.4, 0.5) is 0 Å². The number of rotatable bonds is 1. The standard InChI is InChI=1S/C13H18O/c1-8(2)11-7-9-5-6-10(11)12(14)13(9,3)4/h5-10H,1-4H3. The van der Waals surface area contributed by atoms with E-state index < -0.39 is 0 Å². The molecule has 3 rings (SSSR count). The number of hydrogen-bond donors (Lipinski definition) is 0. The van der Waals surface area contributed by atoms with Crippen LogP contribution >= 0.6 is 0 Å². The molecule has 76 valence electrons. The third kappa shape index (κ3) is 1.11. The van der Waals surface area contributed by atoms with Gasteiger partial charge in [0.1, 0.15) is 5.78 Å². The van der Waals surface area contributed by atoms with Gasteiger partial charge in [-0.1, -0.05) is 51.5 Å². The van der Waals surface area contributed by atoms with E-state index >= 15 is 0 Å². The van der Waals surface area contributed by atoms with Crippen LogP contribution in [0, 0.1) is 23.2 Å². The lowest BCUT2D eigenvalue weighted by molar-refractivity contribution is -0.131. The smallest absolute Gasteiger partial charge is 0.150 e. The SMILES string of the molecule is CC(C)C1=CC2C=CC1C(=O)C2(C)C. The molecule has 2 unspecified atom stereocenters. The summed E-state index contributed by atoms with van der Waals surface area (Å²) in [6.07, 6.45) is 6.59.